The fourth-order valence-corrected chi connectivity index (χ4v) is 3.05. The lowest BCUT2D eigenvalue weighted by Crippen LogP contribution is -2.25. The third-order valence-electron chi connectivity index (χ3n) is 4.21. The number of hydrogen-bond donors (Lipinski definition) is 1. The van der Waals surface area contributed by atoms with Crippen molar-refractivity contribution in [3.63, 3.8) is 0 Å². The van der Waals surface area contributed by atoms with Crippen LogP contribution in [0.15, 0.2) is 71.9 Å². The molecule has 0 radical (unpaired) electrons. The summed E-state index contributed by atoms with van der Waals surface area (Å²) in [6, 6.07) is 12.6. The van der Waals surface area contributed by atoms with Gasteiger partial charge in [0.25, 0.3) is 5.91 Å². The number of aromatic nitrogens is 4. The minimum Gasteiger partial charge on any atom is -0.463 e. The number of aryl methyl sites for hydroxylation is 1. The zero-order valence-electron chi connectivity index (χ0n) is 15.0. The SMILES string of the molecule is O=C(NCCCn1ccnc1)c1cc(-c2ccco2)n(-c2cccc(Cl)c2)n1. The molecule has 0 saturated carbocycles. The van der Waals surface area contributed by atoms with E-state index < -0.39 is 0 Å². The minimum atomic E-state index is -0.237. The first-order chi connectivity index (χ1) is 13.7. The maximum atomic E-state index is 12.6. The van der Waals surface area contributed by atoms with E-state index in [0.29, 0.717) is 28.7 Å². The van der Waals surface area contributed by atoms with Gasteiger partial charge in [-0.05, 0) is 36.8 Å². The molecule has 0 fully saturated rings. The summed E-state index contributed by atoms with van der Waals surface area (Å²) in [7, 11) is 0. The number of imidazole rings is 1. The van der Waals surface area contributed by atoms with Crippen LogP contribution in [0.2, 0.25) is 5.02 Å². The van der Waals surface area contributed by atoms with Crippen molar-refractivity contribution in [3.8, 4) is 17.1 Å². The first-order valence-electron chi connectivity index (χ1n) is 8.84. The Labute approximate surface area is 166 Å². The van der Waals surface area contributed by atoms with E-state index >= 15 is 0 Å². The molecule has 1 amide bonds. The van der Waals surface area contributed by atoms with Gasteiger partial charge in [-0.2, -0.15) is 5.10 Å². The number of hydrogen-bond acceptors (Lipinski definition) is 4. The van der Waals surface area contributed by atoms with E-state index in [9.17, 15) is 4.79 Å². The molecule has 0 spiro atoms. The molecule has 0 atom stereocenters. The Morgan fingerprint density at radius 1 is 1.21 bits per heavy atom. The van der Waals surface area contributed by atoms with Gasteiger partial charge in [0.2, 0.25) is 0 Å². The maximum Gasteiger partial charge on any atom is 0.271 e. The normalized spacial score (nSPS) is 10.9. The zero-order chi connectivity index (χ0) is 19.3. The summed E-state index contributed by atoms with van der Waals surface area (Å²) < 4.78 is 9.14. The van der Waals surface area contributed by atoms with Crippen molar-refractivity contribution in [3.05, 3.63) is 78.2 Å². The lowest BCUT2D eigenvalue weighted by molar-refractivity contribution is 0.0947. The van der Waals surface area contributed by atoms with Gasteiger partial charge in [-0.1, -0.05) is 17.7 Å². The molecule has 1 N–H and O–H groups in total. The molecule has 0 aliphatic heterocycles. The molecule has 4 rings (SSSR count). The predicted octanol–water partition coefficient (Wildman–Crippen LogP) is 3.80. The summed E-state index contributed by atoms with van der Waals surface area (Å²) in [6.45, 7) is 1.33. The van der Waals surface area contributed by atoms with Crippen molar-refractivity contribution in [1.82, 2.24) is 24.6 Å². The number of benzene rings is 1. The number of carbonyl (C=O) groups is 1. The lowest BCUT2D eigenvalue weighted by atomic mass is 10.2. The van der Waals surface area contributed by atoms with E-state index in [1.165, 1.54) is 0 Å². The van der Waals surface area contributed by atoms with Gasteiger partial charge in [0.05, 0.1) is 18.3 Å². The van der Waals surface area contributed by atoms with Gasteiger partial charge in [0, 0.05) is 36.6 Å². The van der Waals surface area contributed by atoms with Crippen LogP contribution in [0.25, 0.3) is 17.1 Å². The molecule has 0 aliphatic carbocycles. The summed E-state index contributed by atoms with van der Waals surface area (Å²) >= 11 is 6.12. The average Bonchev–Trinajstić information content (AvgIpc) is 3.46. The molecule has 142 valence electrons. The molecule has 0 aliphatic rings. The maximum absolute atomic E-state index is 12.6. The Morgan fingerprint density at radius 2 is 2.14 bits per heavy atom. The fraction of sp³-hybridized carbons (Fsp3) is 0.150. The summed E-state index contributed by atoms with van der Waals surface area (Å²) in [5.74, 6) is 0.380. The molecular formula is C20H18ClN5O2. The highest BCUT2D eigenvalue weighted by Crippen LogP contribution is 2.25. The van der Waals surface area contributed by atoms with Crippen LogP contribution in [0.5, 0.6) is 0 Å². The molecule has 4 aromatic rings. The van der Waals surface area contributed by atoms with Crippen molar-refractivity contribution >= 4 is 17.5 Å². The van der Waals surface area contributed by atoms with Crippen LogP contribution in [0.3, 0.4) is 0 Å². The molecule has 1 aromatic carbocycles. The Bertz CT molecular complexity index is 1050. The van der Waals surface area contributed by atoms with E-state index in [2.05, 4.69) is 15.4 Å². The summed E-state index contributed by atoms with van der Waals surface area (Å²) in [5.41, 5.74) is 1.74. The first-order valence-corrected chi connectivity index (χ1v) is 9.22. The molecule has 0 saturated heterocycles. The van der Waals surface area contributed by atoms with Crippen LogP contribution in [0.4, 0.5) is 0 Å². The van der Waals surface area contributed by atoms with Crippen LogP contribution >= 0.6 is 11.6 Å². The van der Waals surface area contributed by atoms with E-state index in [1.54, 1.807) is 47.7 Å². The molecule has 7 nitrogen and oxygen atoms in total. The second-order valence-corrected chi connectivity index (χ2v) is 6.63. The highest BCUT2D eigenvalue weighted by atomic mass is 35.5. The van der Waals surface area contributed by atoms with Gasteiger partial charge in [0.1, 0.15) is 5.69 Å². The van der Waals surface area contributed by atoms with Gasteiger partial charge in [-0.15, -0.1) is 0 Å². The number of furan rings is 1. The van der Waals surface area contributed by atoms with Crippen LogP contribution in [0, 0.1) is 0 Å². The standard InChI is InChI=1S/C20H18ClN5O2/c21-15-4-1-5-16(12-15)26-18(19-6-2-11-28-19)13-17(24-26)20(27)23-7-3-9-25-10-8-22-14-25/h1-2,4-6,8,10-14H,3,7,9H2,(H,23,27). The Balaban J connectivity index is 1.52. The van der Waals surface area contributed by atoms with Crippen molar-refractivity contribution in [1.29, 1.82) is 0 Å². The highest BCUT2D eigenvalue weighted by molar-refractivity contribution is 6.30. The number of nitrogens with one attached hydrogen (secondary N) is 1. The molecule has 3 heterocycles. The molecule has 0 bridgehead atoms. The highest BCUT2D eigenvalue weighted by Gasteiger charge is 2.18. The van der Waals surface area contributed by atoms with Gasteiger partial charge in [0.15, 0.2) is 11.5 Å². The van der Waals surface area contributed by atoms with Gasteiger partial charge in [-0.25, -0.2) is 9.67 Å². The second kappa shape index (κ2) is 8.14. The van der Waals surface area contributed by atoms with Gasteiger partial charge < -0.3 is 14.3 Å². The number of rotatable bonds is 7. The second-order valence-electron chi connectivity index (χ2n) is 6.19. The summed E-state index contributed by atoms with van der Waals surface area (Å²) in [6.07, 6.45) is 7.76. The topological polar surface area (TPSA) is 77.9 Å². The number of amides is 1. The van der Waals surface area contributed by atoms with Crippen LogP contribution in [0.1, 0.15) is 16.9 Å². The summed E-state index contributed by atoms with van der Waals surface area (Å²) in [5, 5.41) is 7.97. The Morgan fingerprint density at radius 3 is 2.89 bits per heavy atom. The van der Waals surface area contributed by atoms with Crippen molar-refractivity contribution < 1.29 is 9.21 Å². The Kier molecular flexibility index (Phi) is 5.25. The molecular weight excluding hydrogens is 378 g/mol. The van der Waals surface area contributed by atoms with Crippen molar-refractivity contribution in [2.45, 2.75) is 13.0 Å². The monoisotopic (exact) mass is 395 g/mol. The molecule has 8 heteroatoms. The first kappa shape index (κ1) is 18.1. The summed E-state index contributed by atoms with van der Waals surface area (Å²) in [4.78, 5) is 16.6. The zero-order valence-corrected chi connectivity index (χ0v) is 15.7. The quantitative estimate of drug-likeness (QED) is 0.483. The Hall–Kier alpha value is -3.32. The van der Waals surface area contributed by atoms with E-state index in [1.807, 2.05) is 29.0 Å². The largest absolute Gasteiger partial charge is 0.463 e. The third-order valence-corrected chi connectivity index (χ3v) is 4.44. The van der Waals surface area contributed by atoms with Gasteiger partial charge >= 0.3 is 0 Å². The van der Waals surface area contributed by atoms with Crippen LogP contribution in [-0.2, 0) is 6.54 Å². The van der Waals surface area contributed by atoms with Crippen LogP contribution in [-0.4, -0.2) is 31.8 Å². The van der Waals surface area contributed by atoms with E-state index in [0.717, 1.165) is 18.7 Å². The van der Waals surface area contributed by atoms with Gasteiger partial charge in [-0.3, -0.25) is 4.79 Å². The minimum absolute atomic E-state index is 0.237. The predicted molar refractivity (Wildman–Crippen MR) is 105 cm³/mol. The molecule has 28 heavy (non-hydrogen) atoms. The van der Waals surface area contributed by atoms with Crippen LogP contribution < -0.4 is 5.32 Å². The number of nitrogens with zero attached hydrogens (tertiary/aromatic N) is 4. The van der Waals surface area contributed by atoms with Crippen molar-refractivity contribution in [2.75, 3.05) is 6.54 Å². The van der Waals surface area contributed by atoms with E-state index in [-0.39, 0.29) is 5.91 Å². The van der Waals surface area contributed by atoms with E-state index in [4.69, 9.17) is 16.0 Å². The average molecular weight is 396 g/mol. The molecule has 0 unspecified atom stereocenters. The number of carbonyl (C=O) groups excluding carboxylic acids is 1. The number of halogens is 1. The van der Waals surface area contributed by atoms with Crippen molar-refractivity contribution in [2.24, 2.45) is 0 Å². The third kappa shape index (κ3) is 3.99. The fourth-order valence-electron chi connectivity index (χ4n) is 2.87. The lowest BCUT2D eigenvalue weighted by Gasteiger charge is -2.06. The molecule has 3 aromatic heterocycles. The smallest absolute Gasteiger partial charge is 0.271 e.